The van der Waals surface area contributed by atoms with Gasteiger partial charge in [-0.3, -0.25) is 4.90 Å². The number of hydrogen-bond acceptors (Lipinski definition) is 6. The van der Waals surface area contributed by atoms with Crippen molar-refractivity contribution in [2.45, 2.75) is 179 Å². The first-order valence-electron chi connectivity index (χ1n) is 18.8. The third kappa shape index (κ3) is 5.68. The van der Waals surface area contributed by atoms with Crippen molar-refractivity contribution in [2.75, 3.05) is 13.1 Å². The minimum atomic E-state index is -2.15. The van der Waals surface area contributed by atoms with Crippen molar-refractivity contribution in [3.05, 3.63) is 23.3 Å². The van der Waals surface area contributed by atoms with Crippen molar-refractivity contribution in [3.63, 3.8) is 0 Å². The van der Waals surface area contributed by atoms with E-state index in [0.717, 1.165) is 50.3 Å². The standard InChI is InChI=1S/C38H68N2O4Si3/c1-35(2,3)45(10,11)40(44-47(14,15)37(7,8)9)28-18-17-27-29-22-25-16-19-31(43-46(12,13)36(4,5)6)33-32(25)38(27,34(28)42-33)20-21-39(29)24-26-23-30(26)41/h16,19,26-30,34,41H,17-18,20-24H2,1-15H3/t26?,27-,28+,29+,30?,34-,38-/m0/s1. The Morgan fingerprint density at radius 1 is 0.915 bits per heavy atom. The highest BCUT2D eigenvalue weighted by Crippen LogP contribution is 2.65. The maximum atomic E-state index is 10.3. The molecule has 1 spiro atoms. The van der Waals surface area contributed by atoms with E-state index >= 15 is 0 Å². The Hall–Kier alpha value is -0.689. The van der Waals surface area contributed by atoms with E-state index in [2.05, 4.69) is 123 Å². The molecule has 3 fully saturated rings. The fourth-order valence-corrected chi connectivity index (χ4v) is 13.9. The van der Waals surface area contributed by atoms with Gasteiger partial charge in [0.1, 0.15) is 11.9 Å². The largest absolute Gasteiger partial charge is 0.541 e. The van der Waals surface area contributed by atoms with E-state index in [-0.39, 0.29) is 38.8 Å². The predicted octanol–water partition coefficient (Wildman–Crippen LogP) is 9.10. The maximum absolute atomic E-state index is 10.3. The van der Waals surface area contributed by atoms with Crippen LogP contribution in [-0.2, 0) is 16.4 Å². The minimum Gasteiger partial charge on any atom is -0.541 e. The zero-order valence-electron chi connectivity index (χ0n) is 32.6. The van der Waals surface area contributed by atoms with Gasteiger partial charge in [0, 0.05) is 29.5 Å². The maximum Gasteiger partial charge on any atom is 0.250 e. The molecule has 0 radical (unpaired) electrons. The summed E-state index contributed by atoms with van der Waals surface area (Å²) in [6.45, 7) is 38.1. The number of nitrogens with zero attached hydrogens (tertiary/aromatic N) is 2. The highest BCUT2D eigenvalue weighted by Gasteiger charge is 2.68. The van der Waals surface area contributed by atoms with E-state index in [1.54, 1.807) is 0 Å². The molecule has 2 heterocycles. The van der Waals surface area contributed by atoms with Gasteiger partial charge in [-0.1, -0.05) is 81.5 Å². The SMILES string of the molecule is CC(C)(C)[Si](C)(C)Oc1ccc2c3c1O[C@H]1[C@H](N(O[Si](C)(C)C(C)(C)C)[Si](C)(C)C(C)(C)C)CC[C@H]4[C@@H](C2)N(CC2CC2O)CC[C@@]341. The van der Waals surface area contributed by atoms with Crippen LogP contribution in [0, 0.1) is 11.8 Å². The summed E-state index contributed by atoms with van der Waals surface area (Å²) in [4.78, 5) is 2.77. The van der Waals surface area contributed by atoms with Crippen LogP contribution in [-0.4, -0.2) is 77.0 Å². The van der Waals surface area contributed by atoms with Gasteiger partial charge in [0.2, 0.25) is 8.32 Å². The first-order chi connectivity index (χ1) is 21.3. The number of aliphatic hydroxyl groups excluding tert-OH is 1. The van der Waals surface area contributed by atoms with Gasteiger partial charge in [0.25, 0.3) is 8.32 Å². The second-order valence-electron chi connectivity index (χ2n) is 20.7. The molecular formula is C38H68N2O4Si3. The summed E-state index contributed by atoms with van der Waals surface area (Å²) in [5.74, 6) is 3.02. The lowest BCUT2D eigenvalue weighted by molar-refractivity contribution is -0.136. The molecule has 1 N–H and O–H groups in total. The summed E-state index contributed by atoms with van der Waals surface area (Å²) in [6, 6.07) is 5.34. The van der Waals surface area contributed by atoms with Gasteiger partial charge in [-0.05, 0) is 97.5 Å². The number of hydroxylamine groups is 1. The molecule has 2 aliphatic heterocycles. The van der Waals surface area contributed by atoms with Crippen LogP contribution in [0.5, 0.6) is 11.5 Å². The summed E-state index contributed by atoms with van der Waals surface area (Å²) >= 11 is 0. The third-order valence-electron chi connectivity index (χ3n) is 14.7. The lowest BCUT2D eigenvalue weighted by Gasteiger charge is -2.62. The Morgan fingerprint density at radius 2 is 1.53 bits per heavy atom. The highest BCUT2D eigenvalue weighted by atomic mass is 28.4. The lowest BCUT2D eigenvalue weighted by Crippen LogP contribution is -2.73. The first kappa shape index (κ1) is 36.1. The van der Waals surface area contributed by atoms with Gasteiger partial charge in [0.15, 0.2) is 14.0 Å². The zero-order chi connectivity index (χ0) is 34.9. The Morgan fingerprint density at radius 3 is 2.09 bits per heavy atom. The molecule has 2 unspecified atom stereocenters. The van der Waals surface area contributed by atoms with Crippen LogP contribution in [0.4, 0.5) is 0 Å². The molecule has 266 valence electrons. The minimum absolute atomic E-state index is 0.0366. The highest BCUT2D eigenvalue weighted by molar-refractivity contribution is 6.79. The summed E-state index contributed by atoms with van der Waals surface area (Å²) in [7, 11) is -6.39. The summed E-state index contributed by atoms with van der Waals surface area (Å²) in [5.41, 5.74) is 2.91. The summed E-state index contributed by atoms with van der Waals surface area (Å²) in [6.07, 6.45) is 5.36. The average Bonchev–Trinajstić information content (AvgIpc) is 3.49. The van der Waals surface area contributed by atoms with E-state index in [0.29, 0.717) is 17.9 Å². The summed E-state index contributed by atoms with van der Waals surface area (Å²) < 4.78 is 25.0. The number of aliphatic hydroxyl groups is 1. The normalized spacial score (nSPS) is 32.7. The second-order valence-corrected chi connectivity index (χ2v) is 35.2. The molecule has 3 aliphatic carbocycles. The van der Waals surface area contributed by atoms with Gasteiger partial charge in [-0.2, -0.15) is 0 Å². The van der Waals surface area contributed by atoms with Crippen molar-refractivity contribution >= 4 is 24.9 Å². The molecule has 6 rings (SSSR count). The van der Waals surface area contributed by atoms with E-state index in [1.165, 1.54) is 17.5 Å². The molecule has 6 nitrogen and oxygen atoms in total. The number of rotatable bonds is 8. The fraction of sp³-hybridized carbons (Fsp3) is 0.842. The van der Waals surface area contributed by atoms with Crippen molar-refractivity contribution in [1.29, 1.82) is 0 Å². The Bertz CT molecular complexity index is 1380. The Labute approximate surface area is 290 Å². The molecule has 1 aromatic rings. The third-order valence-corrected chi connectivity index (χ3v) is 28.7. The molecule has 1 aromatic carbocycles. The molecular weight excluding hydrogens is 633 g/mol. The van der Waals surface area contributed by atoms with E-state index < -0.39 is 24.9 Å². The van der Waals surface area contributed by atoms with Crippen molar-refractivity contribution < 1.29 is 18.8 Å². The Kier molecular flexibility index (Phi) is 8.57. The molecule has 1 saturated heterocycles. The van der Waals surface area contributed by atoms with Gasteiger partial charge in [0.05, 0.1) is 12.1 Å². The van der Waals surface area contributed by atoms with Gasteiger partial charge in [-0.15, -0.1) is 0 Å². The topological polar surface area (TPSA) is 54.4 Å². The van der Waals surface area contributed by atoms with Crippen LogP contribution < -0.4 is 9.16 Å². The monoisotopic (exact) mass is 700 g/mol. The number of hydrogen-bond donors (Lipinski definition) is 1. The molecule has 7 atom stereocenters. The number of ether oxygens (including phenoxy) is 1. The van der Waals surface area contributed by atoms with Crippen LogP contribution in [0.1, 0.15) is 99.1 Å². The fourth-order valence-electron chi connectivity index (χ4n) is 8.60. The van der Waals surface area contributed by atoms with Crippen LogP contribution in [0.3, 0.4) is 0 Å². The predicted molar refractivity (Wildman–Crippen MR) is 202 cm³/mol. The number of likely N-dealkylation sites (tertiary alicyclic amines) is 1. The average molecular weight is 701 g/mol. The van der Waals surface area contributed by atoms with Gasteiger partial charge >= 0.3 is 0 Å². The molecule has 0 amide bonds. The second kappa shape index (κ2) is 11.2. The number of piperidine rings is 1. The molecule has 0 aromatic heterocycles. The molecule has 9 heteroatoms. The molecule has 2 bridgehead atoms. The number of benzene rings is 1. The molecule has 47 heavy (non-hydrogen) atoms. The van der Waals surface area contributed by atoms with Gasteiger partial charge in [-0.25, -0.2) is 4.73 Å². The van der Waals surface area contributed by atoms with Crippen molar-refractivity contribution in [2.24, 2.45) is 11.8 Å². The van der Waals surface area contributed by atoms with Crippen LogP contribution in [0.15, 0.2) is 12.1 Å². The van der Waals surface area contributed by atoms with Gasteiger partial charge < -0.3 is 18.8 Å². The molecule has 5 aliphatic rings. The van der Waals surface area contributed by atoms with Crippen LogP contribution in [0.25, 0.3) is 0 Å². The quantitative estimate of drug-likeness (QED) is 0.216. The summed E-state index contributed by atoms with van der Waals surface area (Å²) in [5, 5.41) is 10.7. The zero-order valence-corrected chi connectivity index (χ0v) is 35.6. The van der Waals surface area contributed by atoms with E-state index in [9.17, 15) is 5.11 Å². The van der Waals surface area contributed by atoms with Crippen molar-refractivity contribution in [3.8, 4) is 11.5 Å². The van der Waals surface area contributed by atoms with Crippen LogP contribution >= 0.6 is 0 Å². The van der Waals surface area contributed by atoms with E-state index in [1.807, 2.05) is 0 Å². The van der Waals surface area contributed by atoms with E-state index in [4.69, 9.17) is 13.7 Å². The van der Waals surface area contributed by atoms with Crippen LogP contribution in [0.2, 0.25) is 54.4 Å². The molecule has 2 saturated carbocycles. The van der Waals surface area contributed by atoms with Crippen molar-refractivity contribution in [1.82, 2.24) is 9.63 Å². The Balaban J connectivity index is 1.49. The lowest BCUT2D eigenvalue weighted by atomic mass is 9.51. The first-order valence-corrected chi connectivity index (χ1v) is 27.5. The smallest absolute Gasteiger partial charge is 0.250 e.